The van der Waals surface area contributed by atoms with Gasteiger partial charge in [0.05, 0.1) is 11.6 Å². The maximum absolute atomic E-state index is 8.74. The standard InChI is InChI=1S/C13H18ClN3/c1-10(9-17(2)3)16-8-12-5-4-11(7-15)6-13(12)14/h4-6,10,16H,8-9H2,1-3H3. The average molecular weight is 252 g/mol. The molecule has 1 atom stereocenters. The number of likely N-dealkylation sites (N-methyl/N-ethyl adjacent to an activating group) is 1. The summed E-state index contributed by atoms with van der Waals surface area (Å²) in [5.74, 6) is 0. The van der Waals surface area contributed by atoms with E-state index in [9.17, 15) is 0 Å². The SMILES string of the molecule is CC(CN(C)C)NCc1ccc(C#N)cc1Cl. The summed E-state index contributed by atoms with van der Waals surface area (Å²) >= 11 is 6.10. The summed E-state index contributed by atoms with van der Waals surface area (Å²) < 4.78 is 0. The first-order valence-corrected chi connectivity index (χ1v) is 5.97. The van der Waals surface area contributed by atoms with Crippen LogP contribution in [0, 0.1) is 11.3 Å². The summed E-state index contributed by atoms with van der Waals surface area (Å²) in [5.41, 5.74) is 1.62. The van der Waals surface area contributed by atoms with Crippen LogP contribution in [-0.4, -0.2) is 31.6 Å². The van der Waals surface area contributed by atoms with E-state index in [0.717, 1.165) is 18.7 Å². The molecule has 0 fully saturated rings. The van der Waals surface area contributed by atoms with Gasteiger partial charge >= 0.3 is 0 Å². The number of hydrogen-bond acceptors (Lipinski definition) is 3. The summed E-state index contributed by atoms with van der Waals surface area (Å²) in [6.45, 7) is 3.84. The molecule has 0 saturated heterocycles. The number of nitriles is 1. The van der Waals surface area contributed by atoms with Gasteiger partial charge in [-0.15, -0.1) is 0 Å². The molecule has 1 unspecified atom stereocenters. The third-order valence-corrected chi connectivity index (χ3v) is 2.81. The number of hydrogen-bond donors (Lipinski definition) is 1. The van der Waals surface area contributed by atoms with E-state index in [4.69, 9.17) is 16.9 Å². The Bertz CT molecular complexity index is 410. The van der Waals surface area contributed by atoms with Crippen molar-refractivity contribution in [2.24, 2.45) is 0 Å². The summed E-state index contributed by atoms with van der Waals surface area (Å²) in [6.07, 6.45) is 0. The first-order valence-electron chi connectivity index (χ1n) is 5.59. The van der Waals surface area contributed by atoms with Gasteiger partial charge in [-0.3, -0.25) is 0 Å². The lowest BCUT2D eigenvalue weighted by molar-refractivity contribution is 0.349. The van der Waals surface area contributed by atoms with Gasteiger partial charge in [0.25, 0.3) is 0 Å². The van der Waals surface area contributed by atoms with E-state index in [-0.39, 0.29) is 0 Å². The van der Waals surface area contributed by atoms with Crippen molar-refractivity contribution in [1.82, 2.24) is 10.2 Å². The molecule has 0 amide bonds. The quantitative estimate of drug-likeness (QED) is 0.873. The van der Waals surface area contributed by atoms with E-state index < -0.39 is 0 Å². The van der Waals surface area contributed by atoms with Gasteiger partial charge in [0.2, 0.25) is 0 Å². The topological polar surface area (TPSA) is 39.1 Å². The molecular weight excluding hydrogens is 234 g/mol. The van der Waals surface area contributed by atoms with Crippen LogP contribution in [0.1, 0.15) is 18.1 Å². The zero-order valence-electron chi connectivity index (χ0n) is 10.5. The molecule has 0 saturated carbocycles. The fraction of sp³-hybridized carbons (Fsp3) is 0.462. The first kappa shape index (κ1) is 14.0. The third-order valence-electron chi connectivity index (χ3n) is 2.46. The third kappa shape index (κ3) is 4.74. The van der Waals surface area contributed by atoms with Gasteiger partial charge in [-0.25, -0.2) is 0 Å². The van der Waals surface area contributed by atoms with Crippen LogP contribution in [0.2, 0.25) is 5.02 Å². The summed E-state index contributed by atoms with van der Waals surface area (Å²) in [5, 5.41) is 12.8. The largest absolute Gasteiger partial charge is 0.309 e. The van der Waals surface area contributed by atoms with Gasteiger partial charge in [-0.05, 0) is 38.7 Å². The number of nitrogens with one attached hydrogen (secondary N) is 1. The van der Waals surface area contributed by atoms with Crippen molar-refractivity contribution in [1.29, 1.82) is 5.26 Å². The van der Waals surface area contributed by atoms with Crippen molar-refractivity contribution in [3.63, 3.8) is 0 Å². The van der Waals surface area contributed by atoms with Crippen molar-refractivity contribution in [2.75, 3.05) is 20.6 Å². The average Bonchev–Trinajstić information content (AvgIpc) is 2.26. The Labute approximate surface area is 108 Å². The minimum absolute atomic E-state index is 0.400. The molecule has 0 bridgehead atoms. The molecule has 1 N–H and O–H groups in total. The van der Waals surface area contributed by atoms with Gasteiger partial charge in [0.15, 0.2) is 0 Å². The van der Waals surface area contributed by atoms with Crippen molar-refractivity contribution >= 4 is 11.6 Å². The van der Waals surface area contributed by atoms with E-state index in [1.165, 1.54) is 0 Å². The number of rotatable bonds is 5. The fourth-order valence-corrected chi connectivity index (χ4v) is 1.90. The molecule has 0 heterocycles. The van der Waals surface area contributed by atoms with E-state index in [1.54, 1.807) is 12.1 Å². The van der Waals surface area contributed by atoms with Crippen LogP contribution in [-0.2, 0) is 6.54 Å². The maximum Gasteiger partial charge on any atom is 0.0992 e. The van der Waals surface area contributed by atoms with Crippen molar-refractivity contribution in [2.45, 2.75) is 19.5 Å². The van der Waals surface area contributed by atoms with Crippen LogP contribution in [0.5, 0.6) is 0 Å². The Hall–Kier alpha value is -1.08. The van der Waals surface area contributed by atoms with Gasteiger partial charge in [0.1, 0.15) is 0 Å². The van der Waals surface area contributed by atoms with E-state index in [0.29, 0.717) is 16.6 Å². The van der Waals surface area contributed by atoms with Crippen LogP contribution in [0.3, 0.4) is 0 Å². The molecule has 92 valence electrons. The molecule has 0 aliphatic rings. The van der Waals surface area contributed by atoms with E-state index >= 15 is 0 Å². The Kier molecular flexibility index (Phi) is 5.43. The normalized spacial score (nSPS) is 12.5. The molecule has 1 aromatic rings. The molecule has 0 aliphatic heterocycles. The molecule has 17 heavy (non-hydrogen) atoms. The molecule has 0 aromatic heterocycles. The zero-order valence-corrected chi connectivity index (χ0v) is 11.3. The Morgan fingerprint density at radius 2 is 2.18 bits per heavy atom. The van der Waals surface area contributed by atoms with E-state index in [2.05, 4.69) is 23.2 Å². The molecule has 1 aromatic carbocycles. The van der Waals surface area contributed by atoms with Gasteiger partial charge in [-0.2, -0.15) is 5.26 Å². The highest BCUT2D eigenvalue weighted by Gasteiger charge is 2.05. The number of nitrogens with zero attached hydrogens (tertiary/aromatic N) is 2. The predicted octanol–water partition coefficient (Wildman–Crippen LogP) is 2.25. The van der Waals surface area contributed by atoms with Gasteiger partial charge < -0.3 is 10.2 Å². The zero-order chi connectivity index (χ0) is 12.8. The van der Waals surface area contributed by atoms with Crippen LogP contribution < -0.4 is 5.32 Å². The Balaban J connectivity index is 2.55. The molecule has 0 aliphatic carbocycles. The number of benzene rings is 1. The Morgan fingerprint density at radius 1 is 1.47 bits per heavy atom. The molecule has 1 rings (SSSR count). The molecular formula is C13H18ClN3. The summed E-state index contributed by atoms with van der Waals surface area (Å²) in [7, 11) is 4.10. The smallest absolute Gasteiger partial charge is 0.0992 e. The first-order chi connectivity index (χ1) is 8.02. The van der Waals surface area contributed by atoms with Crippen LogP contribution >= 0.6 is 11.6 Å². The fourth-order valence-electron chi connectivity index (χ4n) is 1.66. The maximum atomic E-state index is 8.74. The van der Waals surface area contributed by atoms with Gasteiger partial charge in [-0.1, -0.05) is 17.7 Å². The molecule has 0 radical (unpaired) electrons. The highest BCUT2D eigenvalue weighted by molar-refractivity contribution is 6.31. The second-order valence-corrected chi connectivity index (χ2v) is 4.87. The lowest BCUT2D eigenvalue weighted by Gasteiger charge is -2.18. The molecule has 4 heteroatoms. The minimum Gasteiger partial charge on any atom is -0.309 e. The second-order valence-electron chi connectivity index (χ2n) is 4.46. The lowest BCUT2D eigenvalue weighted by atomic mass is 10.1. The van der Waals surface area contributed by atoms with Gasteiger partial charge in [0, 0.05) is 24.2 Å². The Morgan fingerprint density at radius 3 is 2.71 bits per heavy atom. The van der Waals surface area contributed by atoms with Crippen LogP contribution in [0.4, 0.5) is 0 Å². The van der Waals surface area contributed by atoms with Crippen LogP contribution in [0.15, 0.2) is 18.2 Å². The molecule has 3 nitrogen and oxygen atoms in total. The van der Waals surface area contributed by atoms with Crippen molar-refractivity contribution in [3.05, 3.63) is 34.3 Å². The highest BCUT2D eigenvalue weighted by atomic mass is 35.5. The number of halogens is 1. The van der Waals surface area contributed by atoms with Crippen molar-refractivity contribution in [3.8, 4) is 6.07 Å². The monoisotopic (exact) mass is 251 g/mol. The van der Waals surface area contributed by atoms with Crippen LogP contribution in [0.25, 0.3) is 0 Å². The second kappa shape index (κ2) is 6.61. The molecule has 0 spiro atoms. The van der Waals surface area contributed by atoms with Crippen molar-refractivity contribution < 1.29 is 0 Å². The lowest BCUT2D eigenvalue weighted by Crippen LogP contribution is -2.35. The summed E-state index contributed by atoms with van der Waals surface area (Å²) in [4.78, 5) is 2.14. The minimum atomic E-state index is 0.400. The summed E-state index contributed by atoms with van der Waals surface area (Å²) in [6, 6.07) is 7.87. The predicted molar refractivity (Wildman–Crippen MR) is 71.0 cm³/mol. The highest BCUT2D eigenvalue weighted by Crippen LogP contribution is 2.17. The van der Waals surface area contributed by atoms with E-state index in [1.807, 2.05) is 20.2 Å².